The average Bonchev–Trinajstić information content (AvgIpc) is 2.34. The molecule has 16 heavy (non-hydrogen) atoms. The number of unbranched alkanes of at least 4 members (excludes halogenated alkanes) is 2. The molecule has 0 spiro atoms. The lowest BCUT2D eigenvalue weighted by atomic mass is 10.1. The molecular weight excluding hydrogens is 198 g/mol. The zero-order valence-electron chi connectivity index (χ0n) is 10.8. The van der Waals surface area contributed by atoms with E-state index in [1.807, 2.05) is 26.0 Å². The van der Waals surface area contributed by atoms with E-state index < -0.39 is 0 Å². The van der Waals surface area contributed by atoms with E-state index in [0.717, 1.165) is 25.1 Å². The number of hydrogen-bond acceptors (Lipinski definition) is 2. The summed E-state index contributed by atoms with van der Waals surface area (Å²) in [6.07, 6.45) is 4.76. The summed E-state index contributed by atoms with van der Waals surface area (Å²) in [4.78, 5) is 0. The van der Waals surface area contributed by atoms with Gasteiger partial charge in [0.05, 0.1) is 0 Å². The van der Waals surface area contributed by atoms with Gasteiger partial charge in [0.1, 0.15) is 0 Å². The maximum Gasteiger partial charge on any atom is 0.0462 e. The van der Waals surface area contributed by atoms with E-state index in [1.54, 1.807) is 7.11 Å². The molecule has 0 aliphatic carbocycles. The predicted molar refractivity (Wildman–Crippen MR) is 71.6 cm³/mol. The topological polar surface area (TPSA) is 35.2 Å². The van der Waals surface area contributed by atoms with Gasteiger partial charge in [-0.1, -0.05) is 32.4 Å². The standard InChI is InChI=1S/C12H19NO.C2H6/c1-14-10-4-2-3-5-11-6-8-12(13)9-7-11;1-2/h6-9H,2-5,10,13H2,1H3;1-2H3. The maximum atomic E-state index is 5.60. The molecule has 0 saturated carbocycles. The number of ether oxygens (including phenoxy) is 1. The highest BCUT2D eigenvalue weighted by molar-refractivity contribution is 5.39. The van der Waals surface area contributed by atoms with Crippen molar-refractivity contribution in [1.82, 2.24) is 0 Å². The largest absolute Gasteiger partial charge is 0.399 e. The molecule has 1 rings (SSSR count). The van der Waals surface area contributed by atoms with Gasteiger partial charge in [0.15, 0.2) is 0 Å². The van der Waals surface area contributed by atoms with Crippen molar-refractivity contribution in [2.45, 2.75) is 39.5 Å². The number of hydrogen-bond donors (Lipinski definition) is 1. The zero-order chi connectivity index (χ0) is 12.2. The first kappa shape index (κ1) is 15.0. The molecule has 0 fully saturated rings. The highest BCUT2D eigenvalue weighted by atomic mass is 16.5. The molecular formula is C14H25NO. The molecule has 0 atom stereocenters. The van der Waals surface area contributed by atoms with Crippen molar-refractivity contribution in [3.63, 3.8) is 0 Å². The van der Waals surface area contributed by atoms with Crippen LogP contribution < -0.4 is 5.73 Å². The van der Waals surface area contributed by atoms with E-state index in [4.69, 9.17) is 10.5 Å². The van der Waals surface area contributed by atoms with E-state index in [2.05, 4.69) is 12.1 Å². The van der Waals surface area contributed by atoms with Gasteiger partial charge in [0, 0.05) is 19.4 Å². The normalized spacial score (nSPS) is 9.44. The first-order chi connectivity index (χ1) is 7.83. The number of rotatable bonds is 6. The molecule has 0 unspecified atom stereocenters. The van der Waals surface area contributed by atoms with Crippen molar-refractivity contribution < 1.29 is 4.74 Å². The van der Waals surface area contributed by atoms with Gasteiger partial charge in [-0.25, -0.2) is 0 Å². The molecule has 0 aromatic heterocycles. The molecule has 2 heteroatoms. The first-order valence-corrected chi connectivity index (χ1v) is 6.16. The Morgan fingerprint density at radius 1 is 1.00 bits per heavy atom. The van der Waals surface area contributed by atoms with Crippen LogP contribution in [0.15, 0.2) is 24.3 Å². The molecule has 2 nitrogen and oxygen atoms in total. The summed E-state index contributed by atoms with van der Waals surface area (Å²) in [5.41, 5.74) is 7.82. The Morgan fingerprint density at radius 3 is 2.19 bits per heavy atom. The summed E-state index contributed by atoms with van der Waals surface area (Å²) >= 11 is 0. The molecule has 1 aromatic carbocycles. The van der Waals surface area contributed by atoms with E-state index in [9.17, 15) is 0 Å². The molecule has 0 bridgehead atoms. The van der Waals surface area contributed by atoms with Crippen LogP contribution in [-0.4, -0.2) is 13.7 Å². The van der Waals surface area contributed by atoms with Gasteiger partial charge in [-0.05, 0) is 37.0 Å². The Kier molecular flexibility index (Phi) is 9.83. The summed E-state index contributed by atoms with van der Waals surface area (Å²) in [7, 11) is 1.75. The summed E-state index contributed by atoms with van der Waals surface area (Å²) in [5, 5.41) is 0. The van der Waals surface area contributed by atoms with Crippen LogP contribution in [0.25, 0.3) is 0 Å². The van der Waals surface area contributed by atoms with Crippen LogP contribution in [0, 0.1) is 0 Å². The van der Waals surface area contributed by atoms with Crippen molar-refractivity contribution in [3.05, 3.63) is 29.8 Å². The van der Waals surface area contributed by atoms with E-state index in [0.29, 0.717) is 0 Å². The second kappa shape index (κ2) is 10.5. The number of anilines is 1. The Morgan fingerprint density at radius 2 is 1.62 bits per heavy atom. The van der Waals surface area contributed by atoms with E-state index in [1.165, 1.54) is 18.4 Å². The third-order valence-corrected chi connectivity index (χ3v) is 2.29. The molecule has 0 aliphatic rings. The van der Waals surface area contributed by atoms with Crippen molar-refractivity contribution in [3.8, 4) is 0 Å². The number of nitrogens with two attached hydrogens (primary N) is 1. The molecule has 92 valence electrons. The second-order valence-corrected chi connectivity index (χ2v) is 3.55. The molecule has 0 amide bonds. The van der Waals surface area contributed by atoms with Gasteiger partial charge in [-0.15, -0.1) is 0 Å². The summed E-state index contributed by atoms with van der Waals surface area (Å²) in [5.74, 6) is 0. The van der Waals surface area contributed by atoms with Crippen LogP contribution in [0.5, 0.6) is 0 Å². The van der Waals surface area contributed by atoms with Crippen LogP contribution in [-0.2, 0) is 11.2 Å². The number of methoxy groups -OCH3 is 1. The van der Waals surface area contributed by atoms with Gasteiger partial charge < -0.3 is 10.5 Å². The van der Waals surface area contributed by atoms with Crippen molar-refractivity contribution in [2.75, 3.05) is 19.5 Å². The quantitative estimate of drug-likeness (QED) is 0.590. The SMILES string of the molecule is CC.COCCCCCc1ccc(N)cc1. The number of aryl methyl sites for hydroxylation is 1. The Bertz CT molecular complexity index is 243. The molecule has 0 saturated heterocycles. The Hall–Kier alpha value is -1.02. The molecule has 0 heterocycles. The number of nitrogen functional groups attached to an aromatic ring is 1. The van der Waals surface area contributed by atoms with Gasteiger partial charge in [-0.3, -0.25) is 0 Å². The van der Waals surface area contributed by atoms with Gasteiger partial charge >= 0.3 is 0 Å². The highest BCUT2D eigenvalue weighted by Crippen LogP contribution is 2.09. The van der Waals surface area contributed by atoms with Crippen molar-refractivity contribution in [2.24, 2.45) is 0 Å². The third kappa shape index (κ3) is 7.30. The fourth-order valence-electron chi connectivity index (χ4n) is 1.44. The first-order valence-electron chi connectivity index (χ1n) is 6.16. The lowest BCUT2D eigenvalue weighted by molar-refractivity contribution is 0.192. The average molecular weight is 223 g/mol. The summed E-state index contributed by atoms with van der Waals surface area (Å²) in [6.45, 7) is 4.88. The smallest absolute Gasteiger partial charge is 0.0462 e. The number of benzene rings is 1. The van der Waals surface area contributed by atoms with Crippen LogP contribution >= 0.6 is 0 Å². The predicted octanol–water partition coefficient (Wildman–Crippen LogP) is 3.65. The summed E-state index contributed by atoms with van der Waals surface area (Å²) in [6, 6.07) is 8.13. The van der Waals surface area contributed by atoms with Crippen LogP contribution in [0.2, 0.25) is 0 Å². The second-order valence-electron chi connectivity index (χ2n) is 3.55. The molecule has 0 aliphatic heterocycles. The van der Waals surface area contributed by atoms with Crippen LogP contribution in [0.4, 0.5) is 5.69 Å². The minimum absolute atomic E-state index is 0.841. The van der Waals surface area contributed by atoms with Crippen LogP contribution in [0.3, 0.4) is 0 Å². The fraction of sp³-hybridized carbons (Fsp3) is 0.571. The highest BCUT2D eigenvalue weighted by Gasteiger charge is 1.93. The fourth-order valence-corrected chi connectivity index (χ4v) is 1.44. The van der Waals surface area contributed by atoms with Gasteiger partial charge in [0.2, 0.25) is 0 Å². The Balaban J connectivity index is 0.00000106. The lowest BCUT2D eigenvalue weighted by Crippen LogP contribution is -1.91. The van der Waals surface area contributed by atoms with Crippen molar-refractivity contribution in [1.29, 1.82) is 0 Å². The summed E-state index contributed by atoms with van der Waals surface area (Å²) < 4.78 is 4.99. The van der Waals surface area contributed by atoms with E-state index in [-0.39, 0.29) is 0 Å². The molecule has 2 N–H and O–H groups in total. The van der Waals surface area contributed by atoms with Crippen molar-refractivity contribution >= 4 is 5.69 Å². The third-order valence-electron chi connectivity index (χ3n) is 2.29. The minimum Gasteiger partial charge on any atom is -0.399 e. The van der Waals surface area contributed by atoms with Gasteiger partial charge in [0.25, 0.3) is 0 Å². The monoisotopic (exact) mass is 223 g/mol. The Labute approximate surface area is 99.8 Å². The maximum absolute atomic E-state index is 5.60. The van der Waals surface area contributed by atoms with Gasteiger partial charge in [-0.2, -0.15) is 0 Å². The van der Waals surface area contributed by atoms with E-state index >= 15 is 0 Å². The zero-order valence-corrected chi connectivity index (χ0v) is 10.8. The molecule has 1 aromatic rings. The lowest BCUT2D eigenvalue weighted by Gasteiger charge is -2.02. The minimum atomic E-state index is 0.841. The van der Waals surface area contributed by atoms with Crippen LogP contribution in [0.1, 0.15) is 38.7 Å². The molecule has 0 radical (unpaired) electrons.